The van der Waals surface area contributed by atoms with Crippen molar-refractivity contribution in [3.8, 4) is 0 Å². The summed E-state index contributed by atoms with van der Waals surface area (Å²) in [6, 6.07) is 0. The highest BCUT2D eigenvalue weighted by Gasteiger charge is 2.27. The summed E-state index contributed by atoms with van der Waals surface area (Å²) < 4.78 is 0. The minimum atomic E-state index is -0.210. The Balaban J connectivity index is 1.91. The van der Waals surface area contributed by atoms with Gasteiger partial charge in [-0.25, -0.2) is 15.0 Å². The predicted octanol–water partition coefficient (Wildman–Crippen LogP) is 1.36. The lowest BCUT2D eigenvalue weighted by Gasteiger charge is -2.12. The largest absolute Gasteiger partial charge is 0.392 e. The Hall–Kier alpha value is -1.14. The maximum atomic E-state index is 9.78. The van der Waals surface area contributed by atoms with E-state index in [4.69, 9.17) is 0 Å². The molecule has 2 aromatic rings. The van der Waals surface area contributed by atoms with Crippen LogP contribution in [0.1, 0.15) is 19.3 Å². The molecule has 2 N–H and O–H groups in total. The molecule has 16 heavy (non-hydrogen) atoms. The molecule has 6 heteroatoms. The lowest BCUT2D eigenvalue weighted by atomic mass is 10.3. The fourth-order valence-corrected chi connectivity index (χ4v) is 3.26. The highest BCUT2D eigenvalue weighted by atomic mass is 32.2. The minimum Gasteiger partial charge on any atom is -0.392 e. The average molecular weight is 236 g/mol. The lowest BCUT2D eigenvalue weighted by Crippen LogP contribution is -2.15. The van der Waals surface area contributed by atoms with Gasteiger partial charge in [0.05, 0.1) is 12.4 Å². The Labute approximate surface area is 96.7 Å². The van der Waals surface area contributed by atoms with E-state index in [-0.39, 0.29) is 11.4 Å². The van der Waals surface area contributed by atoms with Gasteiger partial charge in [0.2, 0.25) is 0 Å². The predicted molar refractivity (Wildman–Crippen MR) is 61.2 cm³/mol. The van der Waals surface area contributed by atoms with Crippen LogP contribution in [0, 0.1) is 0 Å². The first-order chi connectivity index (χ1) is 7.84. The summed E-state index contributed by atoms with van der Waals surface area (Å²) in [6.07, 6.45) is 5.97. The molecule has 2 unspecified atom stereocenters. The molecule has 2 heterocycles. The van der Waals surface area contributed by atoms with Crippen molar-refractivity contribution in [2.24, 2.45) is 0 Å². The van der Waals surface area contributed by atoms with E-state index in [1.54, 1.807) is 18.1 Å². The van der Waals surface area contributed by atoms with Crippen LogP contribution in [0.25, 0.3) is 11.2 Å². The van der Waals surface area contributed by atoms with E-state index >= 15 is 0 Å². The molecule has 0 aliphatic heterocycles. The summed E-state index contributed by atoms with van der Waals surface area (Å²) in [7, 11) is 0. The quantitative estimate of drug-likeness (QED) is 0.770. The van der Waals surface area contributed by atoms with E-state index in [2.05, 4.69) is 19.9 Å². The Bertz CT molecular complexity index is 500. The second kappa shape index (κ2) is 4.03. The van der Waals surface area contributed by atoms with Crippen LogP contribution in [-0.4, -0.2) is 36.4 Å². The summed E-state index contributed by atoms with van der Waals surface area (Å²) in [5.41, 5.74) is 1.55. The smallest absolute Gasteiger partial charge is 0.181 e. The number of nitrogens with zero attached hydrogens (tertiary/aromatic N) is 3. The molecule has 0 radical (unpaired) electrons. The lowest BCUT2D eigenvalue weighted by molar-refractivity contribution is 0.188. The molecular weight excluding hydrogens is 224 g/mol. The van der Waals surface area contributed by atoms with Crippen molar-refractivity contribution in [2.45, 2.75) is 35.6 Å². The molecule has 2 atom stereocenters. The molecule has 1 aliphatic rings. The van der Waals surface area contributed by atoms with Gasteiger partial charge in [0.15, 0.2) is 5.65 Å². The van der Waals surface area contributed by atoms with E-state index < -0.39 is 0 Å². The Morgan fingerprint density at radius 3 is 3.06 bits per heavy atom. The zero-order valence-corrected chi connectivity index (χ0v) is 9.44. The number of imidazole rings is 1. The van der Waals surface area contributed by atoms with Crippen LogP contribution in [0.3, 0.4) is 0 Å². The van der Waals surface area contributed by atoms with Crippen LogP contribution < -0.4 is 0 Å². The average Bonchev–Trinajstić information content (AvgIpc) is 2.89. The fourth-order valence-electron chi connectivity index (χ4n) is 2.02. The van der Waals surface area contributed by atoms with Crippen molar-refractivity contribution in [2.75, 3.05) is 0 Å². The number of rotatable bonds is 2. The minimum absolute atomic E-state index is 0.210. The van der Waals surface area contributed by atoms with Gasteiger partial charge in [0.25, 0.3) is 0 Å². The molecule has 0 saturated heterocycles. The third kappa shape index (κ3) is 1.68. The highest BCUT2D eigenvalue weighted by molar-refractivity contribution is 8.00. The van der Waals surface area contributed by atoms with E-state index in [0.717, 1.165) is 29.8 Å². The van der Waals surface area contributed by atoms with Gasteiger partial charge in [0, 0.05) is 5.25 Å². The van der Waals surface area contributed by atoms with Crippen molar-refractivity contribution in [3.63, 3.8) is 0 Å². The van der Waals surface area contributed by atoms with Crippen LogP contribution in [0.15, 0.2) is 17.7 Å². The van der Waals surface area contributed by atoms with Crippen molar-refractivity contribution >= 4 is 22.9 Å². The summed E-state index contributed by atoms with van der Waals surface area (Å²) in [5.74, 6) is 0. The van der Waals surface area contributed by atoms with Gasteiger partial charge in [-0.05, 0) is 19.3 Å². The van der Waals surface area contributed by atoms with E-state index in [1.807, 2.05) is 0 Å². The summed E-state index contributed by atoms with van der Waals surface area (Å²) >= 11 is 1.62. The van der Waals surface area contributed by atoms with Gasteiger partial charge in [-0.3, -0.25) is 0 Å². The molecule has 3 rings (SSSR count). The molecular formula is C10H12N4OS. The number of thioether (sulfide) groups is 1. The van der Waals surface area contributed by atoms with E-state index in [9.17, 15) is 5.11 Å². The highest BCUT2D eigenvalue weighted by Crippen LogP contribution is 2.35. The maximum absolute atomic E-state index is 9.78. The van der Waals surface area contributed by atoms with Gasteiger partial charge in [-0.2, -0.15) is 0 Å². The number of aliphatic hydroxyl groups excluding tert-OH is 1. The molecule has 2 aromatic heterocycles. The molecule has 5 nitrogen and oxygen atoms in total. The molecule has 0 bridgehead atoms. The monoisotopic (exact) mass is 236 g/mol. The first-order valence-corrected chi connectivity index (χ1v) is 6.21. The van der Waals surface area contributed by atoms with Crippen LogP contribution >= 0.6 is 11.8 Å². The first kappa shape index (κ1) is 10.0. The normalized spacial score (nSPS) is 25.3. The number of hydrogen-bond acceptors (Lipinski definition) is 5. The Morgan fingerprint density at radius 2 is 2.25 bits per heavy atom. The molecule has 0 aromatic carbocycles. The van der Waals surface area contributed by atoms with Gasteiger partial charge in [0.1, 0.15) is 16.9 Å². The number of hydrogen-bond donors (Lipinski definition) is 2. The maximum Gasteiger partial charge on any atom is 0.181 e. The summed E-state index contributed by atoms with van der Waals surface area (Å²) in [4.78, 5) is 15.4. The molecule has 1 saturated carbocycles. The second-order valence-corrected chi connectivity index (χ2v) is 5.16. The third-order valence-corrected chi connectivity index (χ3v) is 4.25. The van der Waals surface area contributed by atoms with Gasteiger partial charge < -0.3 is 10.1 Å². The van der Waals surface area contributed by atoms with E-state index in [1.165, 1.54) is 6.33 Å². The van der Waals surface area contributed by atoms with Gasteiger partial charge >= 0.3 is 0 Å². The SMILES string of the molecule is OC1CCCC1Sc1ncnc2nc[nH]c12. The van der Waals surface area contributed by atoms with Crippen molar-refractivity contribution in [1.29, 1.82) is 0 Å². The van der Waals surface area contributed by atoms with Crippen molar-refractivity contribution in [3.05, 3.63) is 12.7 Å². The Kier molecular flexibility index (Phi) is 2.53. The van der Waals surface area contributed by atoms with Crippen molar-refractivity contribution < 1.29 is 5.11 Å². The van der Waals surface area contributed by atoms with Crippen molar-refractivity contribution in [1.82, 2.24) is 19.9 Å². The molecule has 1 aliphatic carbocycles. The third-order valence-electron chi connectivity index (χ3n) is 2.87. The number of fused-ring (bicyclic) bond motifs is 1. The number of aliphatic hydroxyl groups is 1. The molecule has 0 spiro atoms. The Morgan fingerprint density at radius 1 is 1.31 bits per heavy atom. The number of aromatic nitrogens is 4. The fraction of sp³-hybridized carbons (Fsp3) is 0.500. The second-order valence-electron chi connectivity index (χ2n) is 3.93. The van der Waals surface area contributed by atoms with Gasteiger partial charge in [-0.15, -0.1) is 0 Å². The molecule has 1 fully saturated rings. The topological polar surface area (TPSA) is 74.7 Å². The number of nitrogens with one attached hydrogen (secondary N) is 1. The summed E-state index contributed by atoms with van der Waals surface area (Å²) in [6.45, 7) is 0. The van der Waals surface area contributed by atoms with Crippen LogP contribution in [-0.2, 0) is 0 Å². The molecule has 0 amide bonds. The van der Waals surface area contributed by atoms with Crippen LogP contribution in [0.4, 0.5) is 0 Å². The molecule has 84 valence electrons. The van der Waals surface area contributed by atoms with E-state index in [0.29, 0.717) is 5.65 Å². The first-order valence-electron chi connectivity index (χ1n) is 5.33. The number of H-pyrrole nitrogens is 1. The van der Waals surface area contributed by atoms with Crippen LogP contribution in [0.5, 0.6) is 0 Å². The van der Waals surface area contributed by atoms with Gasteiger partial charge in [-0.1, -0.05) is 11.8 Å². The zero-order chi connectivity index (χ0) is 11.0. The summed E-state index contributed by atoms with van der Waals surface area (Å²) in [5, 5.41) is 10.9. The number of aromatic amines is 1. The standard InChI is InChI=1S/C10H12N4OS/c15-6-2-1-3-7(6)16-10-8-9(12-4-11-8)13-5-14-10/h4-7,15H,1-3H2,(H,11,12,13,14). The zero-order valence-electron chi connectivity index (χ0n) is 8.63. The van der Waals surface area contributed by atoms with Crippen LogP contribution in [0.2, 0.25) is 0 Å².